The van der Waals surface area contributed by atoms with Crippen molar-refractivity contribution in [1.29, 1.82) is 0 Å². The minimum atomic E-state index is 0.484. The molecule has 0 aliphatic heterocycles. The van der Waals surface area contributed by atoms with E-state index < -0.39 is 0 Å². The molecular weight excluding hydrogens is 276 g/mol. The molecule has 3 rings (SSSR count). The van der Waals surface area contributed by atoms with Crippen molar-refractivity contribution in [2.45, 2.75) is 20.4 Å². The molecule has 102 valence electrons. The highest BCUT2D eigenvalue weighted by Crippen LogP contribution is 2.20. The minimum absolute atomic E-state index is 0.484. The van der Waals surface area contributed by atoms with Crippen LogP contribution in [0.3, 0.4) is 0 Å². The van der Waals surface area contributed by atoms with E-state index in [0.717, 1.165) is 17.0 Å². The SMILES string of the molecule is Cc1cc(C)n(Cc2noc(-c3ccc(Cl)cc3)n2)n1. The van der Waals surface area contributed by atoms with E-state index in [2.05, 4.69) is 15.2 Å². The van der Waals surface area contributed by atoms with Gasteiger partial charge < -0.3 is 4.52 Å². The molecule has 3 aromatic rings. The Bertz CT molecular complexity index is 730. The second-order valence-electron chi connectivity index (χ2n) is 4.61. The van der Waals surface area contributed by atoms with E-state index in [1.54, 1.807) is 12.1 Å². The van der Waals surface area contributed by atoms with Crippen molar-refractivity contribution in [2.24, 2.45) is 0 Å². The number of hydrogen-bond acceptors (Lipinski definition) is 4. The van der Waals surface area contributed by atoms with E-state index in [1.807, 2.05) is 36.7 Å². The molecule has 0 radical (unpaired) electrons. The van der Waals surface area contributed by atoms with Gasteiger partial charge in [0.25, 0.3) is 5.89 Å². The maximum absolute atomic E-state index is 5.85. The lowest BCUT2D eigenvalue weighted by molar-refractivity contribution is 0.418. The lowest BCUT2D eigenvalue weighted by Crippen LogP contribution is -2.05. The Hall–Kier alpha value is -2.14. The van der Waals surface area contributed by atoms with Gasteiger partial charge in [-0.3, -0.25) is 4.68 Å². The van der Waals surface area contributed by atoms with Crippen LogP contribution in [0.5, 0.6) is 0 Å². The highest BCUT2D eigenvalue weighted by atomic mass is 35.5. The quantitative estimate of drug-likeness (QED) is 0.742. The molecule has 2 heterocycles. The fourth-order valence-corrected chi connectivity index (χ4v) is 2.12. The van der Waals surface area contributed by atoms with Crippen molar-refractivity contribution in [3.8, 4) is 11.5 Å². The predicted molar refractivity (Wildman–Crippen MR) is 75.5 cm³/mol. The van der Waals surface area contributed by atoms with Crippen LogP contribution in [0.25, 0.3) is 11.5 Å². The van der Waals surface area contributed by atoms with Crippen molar-refractivity contribution in [3.05, 3.63) is 52.6 Å². The first-order valence-electron chi connectivity index (χ1n) is 6.21. The van der Waals surface area contributed by atoms with E-state index in [4.69, 9.17) is 16.1 Å². The molecular formula is C14H13ClN4O. The Morgan fingerprint density at radius 2 is 1.95 bits per heavy atom. The Kier molecular flexibility index (Phi) is 3.28. The summed E-state index contributed by atoms with van der Waals surface area (Å²) < 4.78 is 7.12. The molecule has 0 bridgehead atoms. The third-order valence-corrected chi connectivity index (χ3v) is 3.21. The maximum Gasteiger partial charge on any atom is 0.257 e. The zero-order valence-corrected chi connectivity index (χ0v) is 11.9. The standard InChI is InChI=1S/C14H13ClN4O/c1-9-7-10(2)19(17-9)8-13-16-14(20-18-13)11-3-5-12(15)6-4-11/h3-7H,8H2,1-2H3. The summed E-state index contributed by atoms with van der Waals surface area (Å²) in [6.45, 7) is 4.45. The molecule has 6 heteroatoms. The van der Waals surface area contributed by atoms with Crippen molar-refractivity contribution in [2.75, 3.05) is 0 Å². The summed E-state index contributed by atoms with van der Waals surface area (Å²) in [7, 11) is 0. The zero-order chi connectivity index (χ0) is 14.1. The lowest BCUT2D eigenvalue weighted by atomic mass is 10.2. The fourth-order valence-electron chi connectivity index (χ4n) is 2.00. The molecule has 0 spiro atoms. The normalized spacial score (nSPS) is 10.9. The minimum Gasteiger partial charge on any atom is -0.334 e. The number of aromatic nitrogens is 4. The smallest absolute Gasteiger partial charge is 0.257 e. The second kappa shape index (κ2) is 5.09. The van der Waals surface area contributed by atoms with Crippen LogP contribution in [0.4, 0.5) is 0 Å². The van der Waals surface area contributed by atoms with E-state index in [-0.39, 0.29) is 0 Å². The lowest BCUT2D eigenvalue weighted by Gasteiger charge is -1.98. The topological polar surface area (TPSA) is 56.7 Å². The van der Waals surface area contributed by atoms with Crippen molar-refractivity contribution >= 4 is 11.6 Å². The Morgan fingerprint density at radius 1 is 1.20 bits per heavy atom. The molecule has 0 amide bonds. The molecule has 0 aliphatic rings. The van der Waals surface area contributed by atoms with Gasteiger partial charge in [-0.15, -0.1) is 0 Å². The van der Waals surface area contributed by atoms with Gasteiger partial charge in [-0.1, -0.05) is 16.8 Å². The van der Waals surface area contributed by atoms with Crippen LogP contribution < -0.4 is 0 Å². The van der Waals surface area contributed by atoms with Gasteiger partial charge >= 0.3 is 0 Å². The van der Waals surface area contributed by atoms with E-state index in [1.165, 1.54) is 0 Å². The highest BCUT2D eigenvalue weighted by Gasteiger charge is 2.10. The molecule has 0 saturated carbocycles. The predicted octanol–water partition coefficient (Wildman–Crippen LogP) is 3.25. The number of hydrogen-bond donors (Lipinski definition) is 0. The fraction of sp³-hybridized carbons (Fsp3) is 0.214. The molecule has 0 unspecified atom stereocenters. The molecule has 0 fully saturated rings. The third-order valence-electron chi connectivity index (χ3n) is 2.95. The van der Waals surface area contributed by atoms with Crippen molar-refractivity contribution in [3.63, 3.8) is 0 Å². The van der Waals surface area contributed by atoms with E-state index in [9.17, 15) is 0 Å². The van der Waals surface area contributed by atoms with Crippen LogP contribution in [0.15, 0.2) is 34.9 Å². The summed E-state index contributed by atoms with van der Waals surface area (Å²) in [5.41, 5.74) is 2.89. The van der Waals surface area contributed by atoms with Gasteiger partial charge in [-0.05, 0) is 44.2 Å². The molecule has 5 nitrogen and oxygen atoms in total. The number of aryl methyl sites for hydroxylation is 2. The zero-order valence-electron chi connectivity index (χ0n) is 11.2. The first kappa shape index (κ1) is 12.9. The van der Waals surface area contributed by atoms with Crippen LogP contribution in [0, 0.1) is 13.8 Å². The van der Waals surface area contributed by atoms with E-state index in [0.29, 0.717) is 23.3 Å². The van der Waals surface area contributed by atoms with Gasteiger partial charge in [0.1, 0.15) is 6.54 Å². The van der Waals surface area contributed by atoms with Crippen LogP contribution in [0.2, 0.25) is 5.02 Å². The van der Waals surface area contributed by atoms with Gasteiger partial charge in [0, 0.05) is 16.3 Å². The van der Waals surface area contributed by atoms with Crippen LogP contribution in [-0.2, 0) is 6.54 Å². The Labute approximate surface area is 121 Å². The number of benzene rings is 1. The van der Waals surface area contributed by atoms with Gasteiger partial charge in [0.15, 0.2) is 5.82 Å². The molecule has 0 N–H and O–H groups in total. The third kappa shape index (κ3) is 2.58. The Morgan fingerprint density at radius 3 is 2.60 bits per heavy atom. The molecule has 20 heavy (non-hydrogen) atoms. The summed E-state index contributed by atoms with van der Waals surface area (Å²) in [4.78, 5) is 4.37. The van der Waals surface area contributed by atoms with Crippen LogP contribution in [-0.4, -0.2) is 19.9 Å². The van der Waals surface area contributed by atoms with Crippen molar-refractivity contribution in [1.82, 2.24) is 19.9 Å². The summed E-state index contributed by atoms with van der Waals surface area (Å²) in [6.07, 6.45) is 0. The van der Waals surface area contributed by atoms with Gasteiger partial charge in [-0.2, -0.15) is 10.1 Å². The molecule has 0 atom stereocenters. The highest BCUT2D eigenvalue weighted by molar-refractivity contribution is 6.30. The first-order chi connectivity index (χ1) is 9.61. The average molecular weight is 289 g/mol. The number of halogens is 1. The van der Waals surface area contributed by atoms with Gasteiger partial charge in [-0.25, -0.2) is 0 Å². The molecule has 0 saturated heterocycles. The number of rotatable bonds is 3. The van der Waals surface area contributed by atoms with Gasteiger partial charge in [0.2, 0.25) is 0 Å². The first-order valence-corrected chi connectivity index (χ1v) is 6.59. The monoisotopic (exact) mass is 288 g/mol. The van der Waals surface area contributed by atoms with Gasteiger partial charge in [0.05, 0.1) is 5.69 Å². The molecule has 1 aromatic carbocycles. The summed E-state index contributed by atoms with van der Waals surface area (Å²) >= 11 is 5.85. The molecule has 2 aromatic heterocycles. The largest absolute Gasteiger partial charge is 0.334 e. The van der Waals surface area contributed by atoms with Crippen LogP contribution >= 0.6 is 11.6 Å². The van der Waals surface area contributed by atoms with Crippen molar-refractivity contribution < 1.29 is 4.52 Å². The van der Waals surface area contributed by atoms with Crippen LogP contribution in [0.1, 0.15) is 17.2 Å². The Balaban J connectivity index is 1.83. The summed E-state index contributed by atoms with van der Waals surface area (Å²) in [6, 6.07) is 9.30. The summed E-state index contributed by atoms with van der Waals surface area (Å²) in [5, 5.41) is 9.03. The average Bonchev–Trinajstić information content (AvgIpc) is 2.98. The van der Waals surface area contributed by atoms with E-state index >= 15 is 0 Å². The maximum atomic E-state index is 5.85. The summed E-state index contributed by atoms with van der Waals surface area (Å²) in [5.74, 6) is 1.08. The second-order valence-corrected chi connectivity index (χ2v) is 5.04. The number of nitrogens with zero attached hydrogens (tertiary/aromatic N) is 4. The molecule has 0 aliphatic carbocycles.